The van der Waals surface area contributed by atoms with E-state index in [1.165, 1.54) is 7.11 Å². The SMILES string of the molecule is CCOc1cc([C@H]2NC(=O)NC(C)=C2C(=O)OC)ccc1OC[C@@H](O)N/N=C/c1c(C)n(Cc2ccc(Cl)c(Cl)c2)c2ccccc12. The molecule has 47 heavy (non-hydrogen) atoms. The number of aliphatic hydroxyl groups is 1. The monoisotopic (exact) mass is 679 g/mol. The molecule has 4 aromatic rings. The maximum Gasteiger partial charge on any atom is 0.337 e. The fourth-order valence-electron chi connectivity index (χ4n) is 5.45. The highest BCUT2D eigenvalue weighted by molar-refractivity contribution is 6.42. The predicted molar refractivity (Wildman–Crippen MR) is 181 cm³/mol. The number of rotatable bonds is 12. The summed E-state index contributed by atoms with van der Waals surface area (Å²) >= 11 is 12.4. The largest absolute Gasteiger partial charge is 0.490 e. The number of aliphatic hydroxyl groups excluding tert-OH is 1. The second-order valence-corrected chi connectivity index (χ2v) is 11.6. The van der Waals surface area contributed by atoms with Gasteiger partial charge in [0.25, 0.3) is 0 Å². The molecule has 1 aromatic heterocycles. The highest BCUT2D eigenvalue weighted by atomic mass is 35.5. The molecular formula is C34H35Cl2N5O6. The number of nitrogens with one attached hydrogen (secondary N) is 3. The standard InChI is InChI=1S/C34H35Cl2N5O6/c1-5-46-29-15-22(32-31(33(43)45-4)19(2)38-34(44)39-32)11-13-28(29)47-18-30(42)40-37-16-24-20(3)41(27-9-7-6-8-23(24)27)17-21-10-12-25(35)26(36)14-21/h6-16,30,32,40,42H,5,17-18H2,1-4H3,(H2,38,39,44)/b37-16+/t30-,32-/m1/s1. The molecule has 3 aromatic carbocycles. The van der Waals surface area contributed by atoms with Crippen LogP contribution in [0.1, 0.15) is 42.3 Å². The fourth-order valence-corrected chi connectivity index (χ4v) is 5.78. The summed E-state index contributed by atoms with van der Waals surface area (Å²) in [5.74, 6) is 0.169. The van der Waals surface area contributed by atoms with Gasteiger partial charge in [-0.25, -0.2) is 9.59 Å². The number of urea groups is 1. The predicted octanol–water partition coefficient (Wildman–Crippen LogP) is 5.83. The molecule has 2 atom stereocenters. The maximum absolute atomic E-state index is 12.5. The molecule has 0 spiro atoms. The van der Waals surface area contributed by atoms with E-state index in [1.54, 1.807) is 37.4 Å². The second-order valence-electron chi connectivity index (χ2n) is 10.8. The molecular weight excluding hydrogens is 645 g/mol. The van der Waals surface area contributed by atoms with Crippen molar-refractivity contribution in [2.75, 3.05) is 20.3 Å². The summed E-state index contributed by atoms with van der Waals surface area (Å²) in [6, 6.07) is 17.4. The number of methoxy groups -OCH3 is 1. The average molecular weight is 681 g/mol. The average Bonchev–Trinajstić information content (AvgIpc) is 3.31. The highest BCUT2D eigenvalue weighted by Crippen LogP contribution is 2.35. The zero-order valence-electron chi connectivity index (χ0n) is 26.3. The van der Waals surface area contributed by atoms with Crippen molar-refractivity contribution in [2.45, 2.75) is 39.6 Å². The summed E-state index contributed by atoms with van der Waals surface area (Å²) in [6.45, 7) is 6.24. The number of esters is 1. The van der Waals surface area contributed by atoms with E-state index in [-0.39, 0.29) is 12.2 Å². The van der Waals surface area contributed by atoms with E-state index in [0.717, 1.165) is 27.7 Å². The second kappa shape index (κ2) is 14.8. The molecule has 1 aliphatic rings. The Morgan fingerprint density at radius 1 is 1.09 bits per heavy atom. The number of ether oxygens (including phenoxy) is 3. The van der Waals surface area contributed by atoms with Gasteiger partial charge >= 0.3 is 12.0 Å². The Morgan fingerprint density at radius 2 is 1.87 bits per heavy atom. The Balaban J connectivity index is 1.28. The van der Waals surface area contributed by atoms with Gasteiger partial charge in [0.2, 0.25) is 0 Å². The number of fused-ring (bicyclic) bond motifs is 1. The van der Waals surface area contributed by atoms with Gasteiger partial charge in [-0.3, -0.25) is 5.43 Å². The summed E-state index contributed by atoms with van der Waals surface area (Å²) < 4.78 is 18.8. The van der Waals surface area contributed by atoms with Crippen LogP contribution in [0, 0.1) is 6.92 Å². The lowest BCUT2D eigenvalue weighted by molar-refractivity contribution is -0.136. The van der Waals surface area contributed by atoms with Crippen molar-refractivity contribution in [3.05, 3.63) is 104 Å². The van der Waals surface area contributed by atoms with Crippen molar-refractivity contribution in [3.8, 4) is 11.5 Å². The molecule has 13 heteroatoms. The highest BCUT2D eigenvalue weighted by Gasteiger charge is 2.32. The van der Waals surface area contributed by atoms with Crippen molar-refractivity contribution in [1.82, 2.24) is 20.6 Å². The van der Waals surface area contributed by atoms with Crippen LogP contribution in [0.15, 0.2) is 77.0 Å². The molecule has 0 fully saturated rings. The summed E-state index contributed by atoms with van der Waals surface area (Å²) in [5, 5.41) is 22.3. The molecule has 0 unspecified atom stereocenters. The molecule has 0 saturated carbocycles. The van der Waals surface area contributed by atoms with Crippen LogP contribution in [0.4, 0.5) is 4.79 Å². The van der Waals surface area contributed by atoms with Gasteiger partial charge in [0.05, 0.1) is 41.6 Å². The van der Waals surface area contributed by atoms with E-state index in [2.05, 4.69) is 25.7 Å². The van der Waals surface area contributed by atoms with Gasteiger partial charge in [-0.15, -0.1) is 0 Å². The third kappa shape index (κ3) is 7.48. The molecule has 5 rings (SSSR count). The summed E-state index contributed by atoms with van der Waals surface area (Å²) in [7, 11) is 1.28. The van der Waals surface area contributed by atoms with E-state index >= 15 is 0 Å². The van der Waals surface area contributed by atoms with Crippen LogP contribution in [0.25, 0.3) is 10.9 Å². The quantitative estimate of drug-likeness (QED) is 0.0641. The number of amides is 2. The number of hydrogen-bond acceptors (Lipinski definition) is 8. The number of carbonyl (C=O) groups excluding carboxylic acids is 2. The van der Waals surface area contributed by atoms with Crippen LogP contribution in [0.2, 0.25) is 10.0 Å². The lowest BCUT2D eigenvalue weighted by Gasteiger charge is -2.28. The molecule has 0 bridgehead atoms. The van der Waals surface area contributed by atoms with Crippen LogP contribution < -0.4 is 25.5 Å². The van der Waals surface area contributed by atoms with Crippen LogP contribution in [0.3, 0.4) is 0 Å². The zero-order valence-corrected chi connectivity index (χ0v) is 27.8. The molecule has 246 valence electrons. The summed E-state index contributed by atoms with van der Waals surface area (Å²) in [5.41, 5.74) is 7.90. The Morgan fingerprint density at radius 3 is 2.62 bits per heavy atom. The topological polar surface area (TPSA) is 135 Å². The zero-order chi connectivity index (χ0) is 33.7. The smallest absolute Gasteiger partial charge is 0.337 e. The lowest BCUT2D eigenvalue weighted by atomic mass is 9.95. The van der Waals surface area contributed by atoms with Crippen LogP contribution in [-0.2, 0) is 16.1 Å². The van der Waals surface area contributed by atoms with Crippen LogP contribution in [-0.4, -0.2) is 54.4 Å². The maximum atomic E-state index is 12.5. The lowest BCUT2D eigenvalue weighted by Crippen LogP contribution is -2.45. The first-order chi connectivity index (χ1) is 22.6. The molecule has 2 heterocycles. The van der Waals surface area contributed by atoms with Gasteiger partial charge in [0.1, 0.15) is 6.61 Å². The minimum Gasteiger partial charge on any atom is -0.490 e. The Labute approximate surface area is 282 Å². The molecule has 4 N–H and O–H groups in total. The first kappa shape index (κ1) is 33.6. The van der Waals surface area contributed by atoms with Crippen molar-refractivity contribution < 1.29 is 28.9 Å². The van der Waals surface area contributed by atoms with E-state index in [1.807, 2.05) is 50.2 Å². The van der Waals surface area contributed by atoms with Crippen molar-refractivity contribution in [1.29, 1.82) is 0 Å². The van der Waals surface area contributed by atoms with Gasteiger partial charge < -0.3 is 34.5 Å². The minimum atomic E-state index is -1.15. The van der Waals surface area contributed by atoms with Gasteiger partial charge in [-0.05, 0) is 62.2 Å². The Hall–Kier alpha value is -4.71. The third-order valence-corrected chi connectivity index (χ3v) is 8.43. The summed E-state index contributed by atoms with van der Waals surface area (Å²) in [6.07, 6.45) is 0.527. The van der Waals surface area contributed by atoms with Crippen molar-refractivity contribution in [2.24, 2.45) is 5.10 Å². The van der Waals surface area contributed by atoms with Crippen LogP contribution >= 0.6 is 23.2 Å². The summed E-state index contributed by atoms with van der Waals surface area (Å²) in [4.78, 5) is 24.7. The number of hydrazone groups is 1. The number of benzene rings is 3. The first-order valence-corrected chi connectivity index (χ1v) is 15.6. The number of allylic oxidation sites excluding steroid dienone is 1. The molecule has 2 amide bonds. The number of hydrogen-bond donors (Lipinski definition) is 4. The van der Waals surface area contributed by atoms with Crippen LogP contribution in [0.5, 0.6) is 11.5 Å². The molecule has 0 saturated heterocycles. The van der Waals surface area contributed by atoms with Crippen molar-refractivity contribution in [3.63, 3.8) is 0 Å². The van der Waals surface area contributed by atoms with Gasteiger partial charge in [0.15, 0.2) is 17.7 Å². The van der Waals surface area contributed by atoms with E-state index in [4.69, 9.17) is 37.4 Å². The van der Waals surface area contributed by atoms with E-state index < -0.39 is 24.3 Å². The normalized spacial score (nSPS) is 15.4. The van der Waals surface area contributed by atoms with Gasteiger partial charge in [-0.1, -0.05) is 53.5 Å². The Bertz CT molecular complexity index is 1870. The molecule has 11 nitrogen and oxygen atoms in total. The van der Waals surface area contributed by atoms with Crippen molar-refractivity contribution >= 4 is 52.3 Å². The molecule has 0 radical (unpaired) electrons. The number of para-hydroxylation sites is 1. The first-order valence-electron chi connectivity index (χ1n) is 14.9. The Kier molecular flexibility index (Phi) is 10.6. The third-order valence-electron chi connectivity index (χ3n) is 7.69. The number of nitrogens with zero attached hydrogens (tertiary/aromatic N) is 2. The number of halogens is 2. The van der Waals surface area contributed by atoms with Gasteiger partial charge in [0, 0.05) is 34.4 Å². The molecule has 0 aliphatic carbocycles. The van der Waals surface area contributed by atoms with E-state index in [0.29, 0.717) is 46.0 Å². The van der Waals surface area contributed by atoms with E-state index in [9.17, 15) is 14.7 Å². The number of aromatic nitrogens is 1. The fraction of sp³-hybridized carbons (Fsp3) is 0.265. The molecule has 1 aliphatic heterocycles. The van der Waals surface area contributed by atoms with Gasteiger partial charge in [-0.2, -0.15) is 5.10 Å². The number of carbonyl (C=O) groups is 2. The minimum absolute atomic E-state index is 0.147.